The Morgan fingerprint density at radius 3 is 2.83 bits per heavy atom. The van der Waals surface area contributed by atoms with E-state index in [2.05, 4.69) is 69.5 Å². The molecule has 220 valence electrons. The lowest BCUT2D eigenvalue weighted by molar-refractivity contribution is -0.128. The van der Waals surface area contributed by atoms with Crippen molar-refractivity contribution >= 4 is 22.6 Å². The minimum absolute atomic E-state index is 0.118. The van der Waals surface area contributed by atoms with Crippen LogP contribution in [0.4, 0.5) is 5.82 Å². The number of ether oxygens (including phenoxy) is 1. The van der Waals surface area contributed by atoms with Crippen LogP contribution in [-0.4, -0.2) is 106 Å². The molecule has 3 aliphatic rings. The molecule has 3 aromatic rings. The summed E-state index contributed by atoms with van der Waals surface area (Å²) in [5, 5.41) is 8.57. The van der Waals surface area contributed by atoms with Crippen molar-refractivity contribution in [3.05, 3.63) is 64.8 Å². The Morgan fingerprint density at radius 2 is 2.07 bits per heavy atom. The standard InChI is InChI=1S/C31H39N9O2/c1-6-28(41)40-13-12-39(17-22(40)15-32-3)30-24-18-38(5)27(29-20(2)9-10-25-23(29)16-33-36-25)14-26(24)34-31(35-30)42-19-21-8-7-11-37(21)4/h6,9-10,16,21-22,27H,1,7-8,11-15,17-19H2,2,4-5H3,(H,33,36)/t21-,22-,27?/m0/s1. The van der Waals surface area contributed by atoms with Crippen LogP contribution in [0.1, 0.15) is 41.3 Å². The first-order valence-electron chi connectivity index (χ1n) is 14.7. The number of carbonyl (C=O) groups excluding carboxylic acids is 1. The van der Waals surface area contributed by atoms with Crippen molar-refractivity contribution in [2.24, 2.45) is 0 Å². The van der Waals surface area contributed by atoms with Crippen LogP contribution in [0.25, 0.3) is 15.7 Å². The van der Waals surface area contributed by atoms with E-state index >= 15 is 0 Å². The second-order valence-corrected chi connectivity index (χ2v) is 11.8. The number of hydrogen-bond donors (Lipinski definition) is 1. The summed E-state index contributed by atoms with van der Waals surface area (Å²) in [6.07, 6.45) is 6.24. The predicted octanol–water partition coefficient (Wildman–Crippen LogP) is 2.99. The van der Waals surface area contributed by atoms with Gasteiger partial charge in [-0.25, -0.2) is 6.57 Å². The van der Waals surface area contributed by atoms with Crippen molar-refractivity contribution in [1.29, 1.82) is 0 Å². The Morgan fingerprint density at radius 1 is 1.21 bits per heavy atom. The van der Waals surface area contributed by atoms with Crippen LogP contribution in [0.3, 0.4) is 0 Å². The summed E-state index contributed by atoms with van der Waals surface area (Å²) in [5.41, 5.74) is 5.59. The smallest absolute Gasteiger partial charge is 0.318 e. The molecule has 3 aliphatic heterocycles. The molecule has 5 heterocycles. The van der Waals surface area contributed by atoms with Gasteiger partial charge in [0, 0.05) is 55.6 Å². The lowest BCUT2D eigenvalue weighted by atomic mass is 9.89. The minimum atomic E-state index is -0.237. The van der Waals surface area contributed by atoms with Gasteiger partial charge in [0.2, 0.25) is 12.5 Å². The van der Waals surface area contributed by atoms with Gasteiger partial charge in [0.15, 0.2) is 0 Å². The fourth-order valence-electron chi connectivity index (χ4n) is 6.84. The molecule has 11 heteroatoms. The number of rotatable bonds is 7. The number of aromatic nitrogens is 4. The lowest BCUT2D eigenvalue weighted by Crippen LogP contribution is -2.56. The fourth-order valence-corrected chi connectivity index (χ4v) is 6.84. The molecule has 42 heavy (non-hydrogen) atoms. The number of aryl methyl sites for hydroxylation is 1. The Bertz CT molecular complexity index is 1530. The van der Waals surface area contributed by atoms with E-state index in [1.165, 1.54) is 23.6 Å². The van der Waals surface area contributed by atoms with Crippen LogP contribution in [0.5, 0.6) is 6.01 Å². The highest BCUT2D eigenvalue weighted by molar-refractivity contribution is 5.87. The Hall–Kier alpha value is -4.01. The molecular formula is C31H39N9O2. The molecule has 3 atom stereocenters. The zero-order chi connectivity index (χ0) is 29.4. The highest BCUT2D eigenvalue weighted by Crippen LogP contribution is 2.40. The number of hydrogen-bond acceptors (Lipinski definition) is 8. The van der Waals surface area contributed by atoms with Gasteiger partial charge < -0.3 is 24.3 Å². The summed E-state index contributed by atoms with van der Waals surface area (Å²) in [6, 6.07) is 4.87. The highest BCUT2D eigenvalue weighted by atomic mass is 16.5. The molecule has 2 aromatic heterocycles. The van der Waals surface area contributed by atoms with Gasteiger partial charge in [-0.2, -0.15) is 15.1 Å². The number of likely N-dealkylation sites (tertiary alicyclic amines) is 1. The van der Waals surface area contributed by atoms with Gasteiger partial charge in [-0.3, -0.25) is 14.8 Å². The molecule has 1 aromatic carbocycles. The van der Waals surface area contributed by atoms with Crippen LogP contribution in [0, 0.1) is 13.5 Å². The number of benzene rings is 1. The van der Waals surface area contributed by atoms with Crippen LogP contribution < -0.4 is 9.64 Å². The van der Waals surface area contributed by atoms with Crippen molar-refractivity contribution < 1.29 is 9.53 Å². The first kappa shape index (κ1) is 28.1. The monoisotopic (exact) mass is 569 g/mol. The highest BCUT2D eigenvalue weighted by Gasteiger charge is 2.37. The van der Waals surface area contributed by atoms with Crippen molar-refractivity contribution in [2.75, 3.05) is 58.3 Å². The van der Waals surface area contributed by atoms with Gasteiger partial charge in [-0.1, -0.05) is 12.6 Å². The van der Waals surface area contributed by atoms with E-state index in [1.54, 1.807) is 4.90 Å². The Balaban J connectivity index is 1.36. The number of carbonyl (C=O) groups is 1. The predicted molar refractivity (Wildman–Crippen MR) is 161 cm³/mol. The summed E-state index contributed by atoms with van der Waals surface area (Å²) in [5.74, 6) is 0.711. The largest absolute Gasteiger partial charge is 0.462 e. The van der Waals surface area contributed by atoms with E-state index in [9.17, 15) is 4.79 Å². The SMILES string of the molecule is [C-]#[N+]C[C@H]1CN(c2nc(OC[C@@H]3CCCN3C)nc3c2CN(C)C(c2c(C)ccc4[nH]ncc24)C3)CCN1C(=O)C=C. The molecule has 0 bridgehead atoms. The zero-order valence-corrected chi connectivity index (χ0v) is 24.7. The van der Waals surface area contributed by atoms with E-state index in [4.69, 9.17) is 21.3 Å². The number of nitrogens with one attached hydrogen (secondary N) is 1. The molecule has 0 radical (unpaired) electrons. The molecule has 0 spiro atoms. The van der Waals surface area contributed by atoms with E-state index in [0.717, 1.165) is 40.9 Å². The third kappa shape index (κ3) is 5.21. The number of aromatic amines is 1. The second kappa shape index (κ2) is 11.7. The van der Waals surface area contributed by atoms with Crippen molar-refractivity contribution in [1.82, 2.24) is 34.9 Å². The van der Waals surface area contributed by atoms with Crippen LogP contribution in [0.15, 0.2) is 31.0 Å². The van der Waals surface area contributed by atoms with Gasteiger partial charge >= 0.3 is 6.01 Å². The van der Waals surface area contributed by atoms with E-state index in [-0.39, 0.29) is 24.5 Å². The van der Waals surface area contributed by atoms with Crippen LogP contribution in [0.2, 0.25) is 0 Å². The fraction of sp³-hybridized carbons (Fsp3) is 0.516. The number of fused-ring (bicyclic) bond motifs is 2. The summed E-state index contributed by atoms with van der Waals surface area (Å²) in [6.45, 7) is 17.5. The number of piperazine rings is 1. The normalized spacial score (nSPS) is 23.1. The van der Waals surface area contributed by atoms with Crippen LogP contribution >= 0.6 is 0 Å². The molecule has 1 unspecified atom stereocenters. The topological polar surface area (TPSA) is 98.1 Å². The average Bonchev–Trinajstić information content (AvgIpc) is 3.64. The molecule has 2 saturated heterocycles. The lowest BCUT2D eigenvalue weighted by Gasteiger charge is -2.42. The van der Waals surface area contributed by atoms with Gasteiger partial charge in [0.1, 0.15) is 18.5 Å². The average molecular weight is 570 g/mol. The van der Waals surface area contributed by atoms with Gasteiger partial charge in [0.25, 0.3) is 0 Å². The zero-order valence-electron chi connectivity index (χ0n) is 24.7. The molecule has 0 saturated carbocycles. The third-order valence-corrected chi connectivity index (χ3v) is 9.21. The van der Waals surface area contributed by atoms with Crippen molar-refractivity contribution in [3.8, 4) is 6.01 Å². The van der Waals surface area contributed by atoms with E-state index < -0.39 is 0 Å². The number of nitrogens with zero attached hydrogens (tertiary/aromatic N) is 8. The van der Waals surface area contributed by atoms with Gasteiger partial charge in [-0.05, 0) is 63.7 Å². The van der Waals surface area contributed by atoms with E-state index in [1.807, 2.05) is 6.20 Å². The quantitative estimate of drug-likeness (QED) is 0.343. The Kier molecular flexibility index (Phi) is 7.84. The summed E-state index contributed by atoms with van der Waals surface area (Å²) in [4.78, 5) is 34.9. The van der Waals surface area contributed by atoms with E-state index in [0.29, 0.717) is 51.3 Å². The van der Waals surface area contributed by atoms with Gasteiger partial charge in [0.05, 0.1) is 17.4 Å². The number of H-pyrrole nitrogens is 1. The third-order valence-electron chi connectivity index (χ3n) is 9.21. The van der Waals surface area contributed by atoms with Crippen molar-refractivity contribution in [2.45, 2.75) is 50.9 Å². The molecule has 0 aliphatic carbocycles. The minimum Gasteiger partial charge on any atom is -0.462 e. The summed E-state index contributed by atoms with van der Waals surface area (Å²) in [7, 11) is 4.29. The number of likely N-dealkylation sites (N-methyl/N-ethyl adjacent to an activating group) is 2. The molecular weight excluding hydrogens is 530 g/mol. The molecule has 1 amide bonds. The summed E-state index contributed by atoms with van der Waals surface area (Å²) >= 11 is 0. The maximum Gasteiger partial charge on any atom is 0.318 e. The molecule has 11 nitrogen and oxygen atoms in total. The molecule has 6 rings (SSSR count). The maximum atomic E-state index is 12.6. The molecule has 2 fully saturated rings. The number of anilines is 1. The first-order valence-corrected chi connectivity index (χ1v) is 14.7. The second-order valence-electron chi connectivity index (χ2n) is 11.8. The summed E-state index contributed by atoms with van der Waals surface area (Å²) < 4.78 is 6.31. The Labute approximate surface area is 247 Å². The molecule has 1 N–H and O–H groups in total. The number of amides is 1. The first-order chi connectivity index (χ1) is 20.4. The maximum absolute atomic E-state index is 12.6. The van der Waals surface area contributed by atoms with Crippen LogP contribution in [-0.2, 0) is 17.8 Å². The van der Waals surface area contributed by atoms with Crippen molar-refractivity contribution in [3.63, 3.8) is 0 Å². The van der Waals surface area contributed by atoms with Gasteiger partial charge in [-0.15, -0.1) is 0 Å².